The molecule has 2 N–H and O–H groups in total. The van der Waals surface area contributed by atoms with Gasteiger partial charge in [0.25, 0.3) is 0 Å². The second kappa shape index (κ2) is 5.91. The maximum atomic E-state index is 7.29. The second-order valence-corrected chi connectivity index (χ2v) is 4.92. The number of alkyl halides is 3. The third-order valence-corrected chi connectivity index (χ3v) is 2.11. The zero-order valence-electron chi connectivity index (χ0n) is 7.53. The zero-order chi connectivity index (χ0) is 10.5. The molecule has 0 aromatic carbocycles. The van der Waals surface area contributed by atoms with E-state index < -0.39 is 3.79 Å². The van der Waals surface area contributed by atoms with Gasteiger partial charge in [0.2, 0.25) is 3.79 Å². The normalized spacial score (nSPS) is 13.9. The van der Waals surface area contributed by atoms with Crippen molar-refractivity contribution in [3.63, 3.8) is 0 Å². The highest BCUT2D eigenvalue weighted by Crippen LogP contribution is 2.25. The summed E-state index contributed by atoms with van der Waals surface area (Å²) in [6.07, 6.45) is 0.898. The average molecular weight is 248 g/mol. The Morgan fingerprint density at radius 2 is 2.08 bits per heavy atom. The Bertz CT molecular complexity index is 170. The number of rotatable bonds is 4. The molecular weight excluding hydrogens is 234 g/mol. The fourth-order valence-corrected chi connectivity index (χ4v) is 0.819. The molecule has 78 valence electrons. The van der Waals surface area contributed by atoms with Gasteiger partial charge in [-0.15, -0.1) is 0 Å². The third-order valence-electron chi connectivity index (χ3n) is 1.54. The summed E-state index contributed by atoms with van der Waals surface area (Å²) in [5.74, 6) is -0.110. The van der Waals surface area contributed by atoms with Crippen molar-refractivity contribution in [2.75, 3.05) is 13.7 Å². The van der Waals surface area contributed by atoms with Crippen LogP contribution < -0.4 is 5.32 Å². The summed E-state index contributed by atoms with van der Waals surface area (Å²) >= 11 is 16.3. The van der Waals surface area contributed by atoms with E-state index in [4.69, 9.17) is 44.9 Å². The lowest BCUT2D eigenvalue weighted by atomic mass is 10.3. The smallest absolute Gasteiger partial charge is 0.247 e. The number of hydrogen-bond donors (Lipinski definition) is 2. The van der Waals surface area contributed by atoms with Crippen LogP contribution in [0.1, 0.15) is 13.3 Å². The van der Waals surface area contributed by atoms with Crippen molar-refractivity contribution in [3.8, 4) is 0 Å². The van der Waals surface area contributed by atoms with Crippen molar-refractivity contribution in [2.24, 2.45) is 0 Å². The van der Waals surface area contributed by atoms with E-state index in [-0.39, 0.29) is 11.9 Å². The molecule has 0 rings (SSSR count). The Balaban J connectivity index is 3.60. The molecular formula is C7H13Cl3N2O. The van der Waals surface area contributed by atoms with Crippen LogP contribution in [-0.2, 0) is 4.74 Å². The van der Waals surface area contributed by atoms with Gasteiger partial charge in [-0.05, 0) is 13.3 Å². The lowest BCUT2D eigenvalue weighted by molar-refractivity contribution is 0.112. The fraction of sp³-hybridized carbons (Fsp3) is 0.857. The maximum Gasteiger partial charge on any atom is 0.247 e. The molecule has 0 aliphatic carbocycles. The zero-order valence-corrected chi connectivity index (χ0v) is 9.80. The second-order valence-electron chi connectivity index (χ2n) is 2.63. The van der Waals surface area contributed by atoms with E-state index in [1.54, 1.807) is 7.11 Å². The summed E-state index contributed by atoms with van der Waals surface area (Å²) < 4.78 is 3.35. The summed E-state index contributed by atoms with van der Waals surface area (Å²) in [6, 6.07) is 0. The van der Waals surface area contributed by atoms with E-state index in [1.165, 1.54) is 0 Å². The lowest BCUT2D eigenvalue weighted by Gasteiger charge is -2.15. The topological polar surface area (TPSA) is 45.1 Å². The standard InChI is InChI=1S/C7H13Cl3N2O/c1-5(13-2)3-4-12-6(11)7(8,9)10/h5H,3-4H2,1-2H3,(H2,11,12). The van der Waals surface area contributed by atoms with Gasteiger partial charge in [-0.1, -0.05) is 34.8 Å². The highest BCUT2D eigenvalue weighted by Gasteiger charge is 2.25. The van der Waals surface area contributed by atoms with Gasteiger partial charge in [0.1, 0.15) is 5.84 Å². The molecule has 0 heterocycles. The van der Waals surface area contributed by atoms with Crippen LogP contribution in [0.4, 0.5) is 0 Å². The van der Waals surface area contributed by atoms with Crippen LogP contribution in [0.25, 0.3) is 0 Å². The predicted octanol–water partition coefficient (Wildman–Crippen LogP) is 2.35. The summed E-state index contributed by atoms with van der Waals surface area (Å²) in [6.45, 7) is 2.49. The predicted molar refractivity (Wildman–Crippen MR) is 57.1 cm³/mol. The van der Waals surface area contributed by atoms with E-state index in [9.17, 15) is 0 Å². The quantitative estimate of drug-likeness (QED) is 0.455. The van der Waals surface area contributed by atoms with Crippen molar-refractivity contribution in [2.45, 2.75) is 23.2 Å². The summed E-state index contributed by atoms with van der Waals surface area (Å²) in [5, 5.41) is 9.99. The minimum atomic E-state index is -1.66. The first-order valence-corrected chi connectivity index (χ1v) is 4.93. The molecule has 0 fully saturated rings. The molecule has 0 amide bonds. The Kier molecular flexibility index (Phi) is 6.05. The van der Waals surface area contributed by atoms with Crippen molar-refractivity contribution in [1.82, 2.24) is 5.32 Å². The molecule has 13 heavy (non-hydrogen) atoms. The van der Waals surface area contributed by atoms with E-state index in [2.05, 4.69) is 5.32 Å². The monoisotopic (exact) mass is 246 g/mol. The maximum absolute atomic E-state index is 7.29. The number of nitrogens with one attached hydrogen (secondary N) is 2. The Hall–Kier alpha value is 0.300. The van der Waals surface area contributed by atoms with Crippen LogP contribution in [-0.4, -0.2) is 29.4 Å². The van der Waals surface area contributed by atoms with Crippen molar-refractivity contribution in [3.05, 3.63) is 0 Å². The first kappa shape index (κ1) is 13.3. The van der Waals surface area contributed by atoms with Crippen LogP contribution in [0, 0.1) is 5.41 Å². The van der Waals surface area contributed by atoms with Crippen LogP contribution in [0.5, 0.6) is 0 Å². The van der Waals surface area contributed by atoms with Gasteiger partial charge < -0.3 is 10.1 Å². The highest BCUT2D eigenvalue weighted by atomic mass is 35.6. The van der Waals surface area contributed by atoms with Gasteiger partial charge >= 0.3 is 0 Å². The molecule has 0 aromatic rings. The lowest BCUT2D eigenvalue weighted by Crippen LogP contribution is -2.35. The SMILES string of the molecule is COC(C)CCNC(=N)C(Cl)(Cl)Cl. The molecule has 0 spiro atoms. The van der Waals surface area contributed by atoms with Crippen LogP contribution in [0.15, 0.2) is 0 Å². The van der Waals surface area contributed by atoms with E-state index in [0.29, 0.717) is 6.54 Å². The molecule has 3 nitrogen and oxygen atoms in total. The molecule has 0 saturated heterocycles. The van der Waals surface area contributed by atoms with Gasteiger partial charge in [-0.25, -0.2) is 0 Å². The summed E-state index contributed by atoms with van der Waals surface area (Å²) in [5.41, 5.74) is 0. The Morgan fingerprint density at radius 3 is 2.46 bits per heavy atom. The van der Waals surface area contributed by atoms with E-state index in [1.807, 2.05) is 6.92 Å². The van der Waals surface area contributed by atoms with Crippen LogP contribution in [0.3, 0.4) is 0 Å². The average Bonchev–Trinajstić information content (AvgIpc) is 2.02. The minimum absolute atomic E-state index is 0.110. The van der Waals surface area contributed by atoms with Gasteiger partial charge in [0.15, 0.2) is 0 Å². The molecule has 0 radical (unpaired) electrons. The molecule has 0 bridgehead atoms. The Labute approximate surface area is 93.2 Å². The first-order chi connectivity index (χ1) is 5.88. The number of ether oxygens (including phenoxy) is 1. The van der Waals surface area contributed by atoms with E-state index >= 15 is 0 Å². The molecule has 6 heteroatoms. The highest BCUT2D eigenvalue weighted by molar-refractivity contribution is 6.76. The van der Waals surface area contributed by atoms with Gasteiger partial charge in [0.05, 0.1) is 6.10 Å². The fourth-order valence-electron chi connectivity index (χ4n) is 0.619. The van der Waals surface area contributed by atoms with Gasteiger partial charge in [0, 0.05) is 13.7 Å². The summed E-state index contributed by atoms with van der Waals surface area (Å²) in [7, 11) is 1.63. The largest absolute Gasteiger partial charge is 0.382 e. The number of halogens is 3. The van der Waals surface area contributed by atoms with Gasteiger partial charge in [-0.2, -0.15) is 0 Å². The minimum Gasteiger partial charge on any atom is -0.382 e. The van der Waals surface area contributed by atoms with E-state index in [0.717, 1.165) is 6.42 Å². The molecule has 0 aliphatic rings. The van der Waals surface area contributed by atoms with Crippen molar-refractivity contribution >= 4 is 40.6 Å². The number of hydrogen-bond acceptors (Lipinski definition) is 2. The van der Waals surface area contributed by atoms with Crippen LogP contribution >= 0.6 is 34.8 Å². The molecule has 0 saturated carbocycles. The first-order valence-electron chi connectivity index (χ1n) is 3.80. The van der Waals surface area contributed by atoms with Crippen LogP contribution in [0.2, 0.25) is 0 Å². The Morgan fingerprint density at radius 1 is 1.54 bits per heavy atom. The molecule has 0 aliphatic heterocycles. The molecule has 1 atom stereocenters. The van der Waals surface area contributed by atoms with Crippen molar-refractivity contribution in [1.29, 1.82) is 5.41 Å². The van der Waals surface area contributed by atoms with Crippen molar-refractivity contribution < 1.29 is 4.74 Å². The third kappa shape index (κ3) is 6.38. The number of methoxy groups -OCH3 is 1. The molecule has 1 unspecified atom stereocenters. The van der Waals surface area contributed by atoms with Gasteiger partial charge in [-0.3, -0.25) is 5.41 Å². The number of amidine groups is 1. The molecule has 0 aromatic heterocycles. The summed E-state index contributed by atoms with van der Waals surface area (Å²) in [4.78, 5) is 0.